The Morgan fingerprint density at radius 1 is 1.09 bits per heavy atom. The van der Waals surface area contributed by atoms with Crippen LogP contribution < -0.4 is 0 Å². The van der Waals surface area contributed by atoms with Gasteiger partial charge in [-0.3, -0.25) is 14.4 Å². The average Bonchev–Trinajstić information content (AvgIpc) is 3.48. The van der Waals surface area contributed by atoms with E-state index in [9.17, 15) is 9.90 Å². The molecule has 2 atom stereocenters. The molecule has 1 aliphatic heterocycles. The molecule has 1 aromatic carbocycles. The van der Waals surface area contributed by atoms with E-state index in [1.807, 2.05) is 41.8 Å². The summed E-state index contributed by atoms with van der Waals surface area (Å²) in [6, 6.07) is 9.38. The van der Waals surface area contributed by atoms with Crippen molar-refractivity contribution in [2.45, 2.75) is 33.7 Å². The molecule has 1 unspecified atom stereocenters. The predicted octanol–water partition coefficient (Wildman–Crippen LogP) is 5.13. The fraction of sp³-hybridized carbons (Fsp3) is 0.250. The van der Waals surface area contributed by atoms with Gasteiger partial charge in [-0.05, 0) is 44.9 Å². The molecule has 8 heteroatoms. The molecule has 1 N–H and O–H groups in total. The minimum atomic E-state index is -0.918. The first kappa shape index (κ1) is 20.4. The quantitative estimate of drug-likeness (QED) is 0.469. The van der Waals surface area contributed by atoms with Crippen LogP contribution in [0.5, 0.6) is 0 Å². The van der Waals surface area contributed by atoms with Gasteiger partial charge in [-0.2, -0.15) is 0 Å². The number of carboxylic acid groups (broad SMARTS) is 1. The molecule has 0 spiro atoms. The largest absolute Gasteiger partial charge is 0.481 e. The number of fused-ring (bicyclic) bond motifs is 3. The number of hydrogen-bond acceptors (Lipinski definition) is 6. The van der Waals surface area contributed by atoms with E-state index in [2.05, 4.69) is 24.0 Å². The lowest BCUT2D eigenvalue weighted by molar-refractivity contribution is -0.141. The number of aliphatic carboxylic acids is 1. The highest BCUT2D eigenvalue weighted by atomic mass is 32.1. The molecular weight excluding hydrogens is 424 g/mol. The maximum atomic E-state index is 11.9. The fourth-order valence-electron chi connectivity index (χ4n) is 4.07. The van der Waals surface area contributed by atoms with E-state index in [-0.39, 0.29) is 0 Å². The van der Waals surface area contributed by atoms with Crippen LogP contribution in [0.3, 0.4) is 0 Å². The molecule has 5 rings (SSSR count). The minimum Gasteiger partial charge on any atom is -0.481 e. The second-order valence-corrected chi connectivity index (χ2v) is 9.25. The molecule has 1 aliphatic rings. The Morgan fingerprint density at radius 3 is 2.47 bits per heavy atom. The lowest BCUT2D eigenvalue weighted by Gasteiger charge is -2.16. The molecule has 0 saturated carbocycles. The van der Waals surface area contributed by atoms with Crippen LogP contribution in [0.15, 0.2) is 52.3 Å². The van der Waals surface area contributed by atoms with Crippen molar-refractivity contribution in [3.8, 4) is 16.1 Å². The number of aromatic nitrogens is 3. The van der Waals surface area contributed by atoms with Gasteiger partial charge in [0.1, 0.15) is 16.9 Å². The second kappa shape index (κ2) is 7.56. The van der Waals surface area contributed by atoms with Gasteiger partial charge in [-0.25, -0.2) is 0 Å². The molecule has 4 heterocycles. The number of furan rings is 1. The van der Waals surface area contributed by atoms with Crippen molar-refractivity contribution in [1.82, 2.24) is 14.8 Å². The van der Waals surface area contributed by atoms with Crippen LogP contribution in [0, 0.1) is 26.7 Å². The maximum absolute atomic E-state index is 11.9. The highest BCUT2D eigenvalue weighted by Crippen LogP contribution is 2.40. The van der Waals surface area contributed by atoms with Gasteiger partial charge in [0.05, 0.1) is 24.2 Å². The Hall–Kier alpha value is -3.52. The van der Waals surface area contributed by atoms with Crippen molar-refractivity contribution in [3.05, 3.63) is 76.1 Å². The van der Waals surface area contributed by atoms with Gasteiger partial charge in [0.2, 0.25) is 0 Å². The van der Waals surface area contributed by atoms with Crippen molar-refractivity contribution < 1.29 is 14.3 Å². The van der Waals surface area contributed by atoms with Crippen LogP contribution in [0.25, 0.3) is 16.1 Å². The topological polar surface area (TPSA) is 93.5 Å². The van der Waals surface area contributed by atoms with Gasteiger partial charge < -0.3 is 9.52 Å². The zero-order valence-electron chi connectivity index (χ0n) is 18.2. The first-order valence-electron chi connectivity index (χ1n) is 10.3. The monoisotopic (exact) mass is 446 g/mol. The highest BCUT2D eigenvalue weighted by molar-refractivity contribution is 7.15. The first-order valence-corrected chi connectivity index (χ1v) is 11.1. The van der Waals surface area contributed by atoms with E-state index in [1.54, 1.807) is 30.8 Å². The third kappa shape index (κ3) is 3.10. The summed E-state index contributed by atoms with van der Waals surface area (Å²) in [6.07, 6.45) is 3.36. The first-order chi connectivity index (χ1) is 15.4. The van der Waals surface area contributed by atoms with Gasteiger partial charge >= 0.3 is 5.97 Å². The molecule has 0 saturated heterocycles. The molecule has 0 aliphatic carbocycles. The lowest BCUT2D eigenvalue weighted by atomic mass is 9.97. The number of aryl methyl sites for hydroxylation is 2. The average molecular weight is 447 g/mol. The standard InChI is InChI=1S/C24H22N4O3S/c1-12-14(3)32-23-19(12)21(17-7-5-16(6-8-17)18-9-10-31-11-18)25-20(13(2)24(29)30)22-27-26-15(4)28(22)23/h5-11,13,20H,1-4H3,(H,29,30)/t13?,20-/m0/s1. The molecular formula is C24H22N4O3S. The summed E-state index contributed by atoms with van der Waals surface area (Å²) in [7, 11) is 0. The summed E-state index contributed by atoms with van der Waals surface area (Å²) < 4.78 is 7.18. The SMILES string of the molecule is Cc1sc2c(c1C)C(c1ccc(-c3ccoc3)cc1)=N[C@@H](C(C)C(=O)O)c1nnc(C)n1-2. The molecule has 0 fully saturated rings. The van der Waals surface area contributed by atoms with E-state index in [1.165, 1.54) is 4.88 Å². The van der Waals surface area contributed by atoms with Gasteiger partial charge in [0.15, 0.2) is 5.82 Å². The molecule has 7 nitrogen and oxygen atoms in total. The van der Waals surface area contributed by atoms with Crippen molar-refractivity contribution in [1.29, 1.82) is 0 Å². The number of aliphatic imine (C=N–C) groups is 1. The van der Waals surface area contributed by atoms with E-state index in [0.29, 0.717) is 5.82 Å². The molecule has 162 valence electrons. The molecule has 0 radical (unpaired) electrons. The summed E-state index contributed by atoms with van der Waals surface area (Å²) in [4.78, 5) is 18.2. The Bertz CT molecular complexity index is 1350. The van der Waals surface area contributed by atoms with Crippen LogP contribution in [0.4, 0.5) is 0 Å². The Kier molecular flexibility index (Phi) is 4.82. The van der Waals surface area contributed by atoms with Gasteiger partial charge in [0, 0.05) is 21.6 Å². The van der Waals surface area contributed by atoms with Crippen LogP contribution >= 0.6 is 11.3 Å². The smallest absolute Gasteiger partial charge is 0.308 e. The summed E-state index contributed by atoms with van der Waals surface area (Å²) in [5.74, 6) is -0.395. The van der Waals surface area contributed by atoms with E-state index >= 15 is 0 Å². The van der Waals surface area contributed by atoms with Crippen molar-refractivity contribution in [2.75, 3.05) is 0 Å². The summed E-state index contributed by atoms with van der Waals surface area (Å²) >= 11 is 1.66. The minimum absolute atomic E-state index is 0.560. The van der Waals surface area contributed by atoms with E-state index in [4.69, 9.17) is 9.41 Å². The zero-order valence-corrected chi connectivity index (χ0v) is 19.0. The zero-order chi connectivity index (χ0) is 22.6. The lowest BCUT2D eigenvalue weighted by Crippen LogP contribution is -2.21. The number of thiophene rings is 1. The molecule has 3 aromatic heterocycles. The van der Waals surface area contributed by atoms with E-state index in [0.717, 1.165) is 44.4 Å². The number of nitrogens with zero attached hydrogens (tertiary/aromatic N) is 4. The Balaban J connectivity index is 1.74. The second-order valence-electron chi connectivity index (χ2n) is 8.04. The normalized spacial score (nSPS) is 16.1. The van der Waals surface area contributed by atoms with Gasteiger partial charge in [-0.1, -0.05) is 24.3 Å². The summed E-state index contributed by atoms with van der Waals surface area (Å²) in [5.41, 5.74) is 5.89. The van der Waals surface area contributed by atoms with Gasteiger partial charge in [0.25, 0.3) is 0 Å². The van der Waals surface area contributed by atoms with Crippen LogP contribution in [-0.4, -0.2) is 31.6 Å². The van der Waals surface area contributed by atoms with Crippen molar-refractivity contribution >= 4 is 23.0 Å². The van der Waals surface area contributed by atoms with Crippen molar-refractivity contribution in [3.63, 3.8) is 0 Å². The fourth-order valence-corrected chi connectivity index (χ4v) is 5.28. The number of benzene rings is 1. The van der Waals surface area contributed by atoms with Crippen molar-refractivity contribution in [2.24, 2.45) is 10.9 Å². The Labute approximate surface area is 189 Å². The third-order valence-electron chi connectivity index (χ3n) is 6.07. The number of hydrogen-bond donors (Lipinski definition) is 1. The highest BCUT2D eigenvalue weighted by Gasteiger charge is 2.36. The van der Waals surface area contributed by atoms with Crippen LogP contribution in [0.2, 0.25) is 0 Å². The van der Waals surface area contributed by atoms with Crippen LogP contribution in [-0.2, 0) is 4.79 Å². The third-order valence-corrected chi connectivity index (χ3v) is 7.26. The molecule has 0 amide bonds. The predicted molar refractivity (Wildman–Crippen MR) is 123 cm³/mol. The van der Waals surface area contributed by atoms with E-state index < -0.39 is 17.9 Å². The van der Waals surface area contributed by atoms with Crippen LogP contribution in [0.1, 0.15) is 46.2 Å². The molecule has 0 bridgehead atoms. The number of carbonyl (C=O) groups is 1. The number of rotatable bonds is 4. The maximum Gasteiger partial charge on any atom is 0.308 e. The molecule has 32 heavy (non-hydrogen) atoms. The molecule has 4 aromatic rings. The summed E-state index contributed by atoms with van der Waals surface area (Å²) in [6.45, 7) is 7.73. The van der Waals surface area contributed by atoms with Gasteiger partial charge in [-0.15, -0.1) is 21.5 Å². The summed E-state index contributed by atoms with van der Waals surface area (Å²) in [5, 5.41) is 19.4. The Morgan fingerprint density at radius 2 is 1.81 bits per heavy atom. The number of carboxylic acids is 1.